The van der Waals surface area contributed by atoms with Crippen molar-refractivity contribution in [2.45, 2.75) is 26.9 Å². The molecule has 2 heterocycles. The van der Waals surface area contributed by atoms with Gasteiger partial charge in [-0.05, 0) is 30.2 Å². The van der Waals surface area contributed by atoms with Crippen molar-refractivity contribution >= 4 is 22.8 Å². The molecule has 2 aromatic heterocycles. The number of rotatable bonds is 5. The fourth-order valence-corrected chi connectivity index (χ4v) is 3.69. The minimum absolute atomic E-state index is 0.0292. The number of benzene rings is 2. The van der Waals surface area contributed by atoms with Crippen LogP contribution in [-0.2, 0) is 13.1 Å². The summed E-state index contributed by atoms with van der Waals surface area (Å²) >= 11 is 6.11. The predicted octanol–water partition coefficient (Wildman–Crippen LogP) is 3.98. The standard InChI is InChI=1S/C22H19ClF2N4O2/c1-13(2)10-28-21(30)19-20(29(22(28)31)17-5-3-4-15(23)8-17)26-12-27(19)11-14-6-7-16(24)9-18(14)25/h3-9,12-13H,10-11H2,1-2H3. The van der Waals surface area contributed by atoms with Crippen molar-refractivity contribution in [3.05, 3.63) is 91.9 Å². The van der Waals surface area contributed by atoms with Crippen molar-refractivity contribution in [1.29, 1.82) is 0 Å². The van der Waals surface area contributed by atoms with Crippen LogP contribution in [0.5, 0.6) is 0 Å². The highest BCUT2D eigenvalue weighted by atomic mass is 35.5. The average molecular weight is 445 g/mol. The third kappa shape index (κ3) is 3.90. The van der Waals surface area contributed by atoms with Crippen LogP contribution < -0.4 is 11.2 Å². The van der Waals surface area contributed by atoms with Gasteiger partial charge in [0.15, 0.2) is 11.2 Å². The van der Waals surface area contributed by atoms with Crippen molar-refractivity contribution in [3.63, 3.8) is 0 Å². The van der Waals surface area contributed by atoms with Crippen molar-refractivity contribution in [3.8, 4) is 5.69 Å². The molecule has 6 nitrogen and oxygen atoms in total. The fourth-order valence-electron chi connectivity index (χ4n) is 3.51. The van der Waals surface area contributed by atoms with Crippen molar-refractivity contribution in [2.75, 3.05) is 0 Å². The first-order chi connectivity index (χ1) is 14.8. The van der Waals surface area contributed by atoms with E-state index >= 15 is 0 Å². The molecule has 2 aromatic carbocycles. The lowest BCUT2D eigenvalue weighted by atomic mass is 10.2. The smallest absolute Gasteiger partial charge is 0.320 e. The molecule has 0 bridgehead atoms. The lowest BCUT2D eigenvalue weighted by molar-refractivity contribution is 0.488. The van der Waals surface area contributed by atoms with E-state index in [1.165, 1.54) is 21.5 Å². The Kier molecular flexibility index (Phi) is 5.49. The maximum absolute atomic E-state index is 14.2. The van der Waals surface area contributed by atoms with Gasteiger partial charge in [-0.3, -0.25) is 9.36 Å². The van der Waals surface area contributed by atoms with Gasteiger partial charge >= 0.3 is 5.69 Å². The minimum atomic E-state index is -0.729. The van der Waals surface area contributed by atoms with E-state index in [1.54, 1.807) is 24.3 Å². The van der Waals surface area contributed by atoms with Crippen molar-refractivity contribution in [2.24, 2.45) is 5.92 Å². The van der Waals surface area contributed by atoms with Crippen molar-refractivity contribution < 1.29 is 8.78 Å². The zero-order valence-corrected chi connectivity index (χ0v) is 17.6. The molecule has 0 spiro atoms. The maximum atomic E-state index is 14.2. The number of nitrogens with zero attached hydrogens (tertiary/aromatic N) is 4. The Balaban J connectivity index is 2.00. The molecule has 9 heteroatoms. The molecule has 0 aliphatic carbocycles. The molecule has 0 aliphatic rings. The second-order valence-electron chi connectivity index (χ2n) is 7.69. The second-order valence-corrected chi connectivity index (χ2v) is 8.12. The topological polar surface area (TPSA) is 61.8 Å². The van der Waals surface area contributed by atoms with E-state index in [4.69, 9.17) is 11.6 Å². The number of halogens is 3. The van der Waals surface area contributed by atoms with Gasteiger partial charge < -0.3 is 4.57 Å². The van der Waals surface area contributed by atoms with Gasteiger partial charge in [0.2, 0.25) is 0 Å². The quantitative estimate of drug-likeness (QED) is 0.467. The highest BCUT2D eigenvalue weighted by Gasteiger charge is 2.20. The van der Waals surface area contributed by atoms with Gasteiger partial charge in [-0.25, -0.2) is 23.1 Å². The van der Waals surface area contributed by atoms with Crippen LogP contribution in [-0.4, -0.2) is 18.7 Å². The highest BCUT2D eigenvalue weighted by Crippen LogP contribution is 2.19. The molecule has 0 atom stereocenters. The van der Waals surface area contributed by atoms with E-state index in [2.05, 4.69) is 4.98 Å². The van der Waals surface area contributed by atoms with Crippen LogP contribution in [0, 0.1) is 17.6 Å². The summed E-state index contributed by atoms with van der Waals surface area (Å²) in [6.07, 6.45) is 1.37. The fraction of sp³-hybridized carbons (Fsp3) is 0.227. The Bertz CT molecular complexity index is 1410. The molecule has 0 saturated carbocycles. The molecule has 0 fully saturated rings. The van der Waals surface area contributed by atoms with Gasteiger partial charge in [-0.2, -0.15) is 0 Å². The molecular formula is C22H19ClF2N4O2. The maximum Gasteiger partial charge on any atom is 0.337 e. The van der Waals surface area contributed by atoms with Gasteiger partial charge in [0, 0.05) is 23.2 Å². The summed E-state index contributed by atoms with van der Waals surface area (Å²) in [5.74, 6) is -1.39. The molecule has 31 heavy (non-hydrogen) atoms. The normalized spacial score (nSPS) is 11.5. The van der Waals surface area contributed by atoms with Gasteiger partial charge in [-0.1, -0.05) is 37.6 Å². The summed E-state index contributed by atoms with van der Waals surface area (Å²) < 4.78 is 31.4. The zero-order chi connectivity index (χ0) is 22.3. The van der Waals surface area contributed by atoms with Crippen LogP contribution >= 0.6 is 11.6 Å². The summed E-state index contributed by atoms with van der Waals surface area (Å²) in [6.45, 7) is 3.94. The Hall–Kier alpha value is -3.26. The van der Waals surface area contributed by atoms with E-state index in [0.29, 0.717) is 10.7 Å². The van der Waals surface area contributed by atoms with Crippen LogP contribution in [0.25, 0.3) is 16.9 Å². The number of hydrogen-bond donors (Lipinski definition) is 0. The molecule has 0 unspecified atom stereocenters. The van der Waals surface area contributed by atoms with Gasteiger partial charge in [0.05, 0.1) is 18.6 Å². The summed E-state index contributed by atoms with van der Waals surface area (Å²) in [5, 5.41) is 0.423. The lowest BCUT2D eigenvalue weighted by Crippen LogP contribution is -2.41. The molecule has 0 radical (unpaired) electrons. The van der Waals surface area contributed by atoms with Crippen LogP contribution in [0.2, 0.25) is 5.02 Å². The third-order valence-electron chi connectivity index (χ3n) is 4.87. The average Bonchev–Trinajstić information content (AvgIpc) is 3.11. The molecule has 0 N–H and O–H groups in total. The Labute approximate surface area is 181 Å². The number of aromatic nitrogens is 4. The molecular weight excluding hydrogens is 426 g/mol. The van der Waals surface area contributed by atoms with E-state index in [-0.39, 0.29) is 35.7 Å². The summed E-state index contributed by atoms with van der Waals surface area (Å²) in [7, 11) is 0. The van der Waals surface area contributed by atoms with Gasteiger partial charge in [0.25, 0.3) is 5.56 Å². The molecule has 0 saturated heterocycles. The number of fused-ring (bicyclic) bond motifs is 1. The minimum Gasteiger partial charge on any atom is -0.320 e. The first kappa shape index (κ1) is 21.0. The lowest BCUT2D eigenvalue weighted by Gasteiger charge is -2.14. The molecule has 0 amide bonds. The van der Waals surface area contributed by atoms with Crippen molar-refractivity contribution in [1.82, 2.24) is 18.7 Å². The van der Waals surface area contributed by atoms with Crippen LogP contribution in [0.1, 0.15) is 19.4 Å². The monoisotopic (exact) mass is 444 g/mol. The first-order valence-corrected chi connectivity index (χ1v) is 10.0. The van der Waals surface area contributed by atoms with Crippen LogP contribution in [0.3, 0.4) is 0 Å². The second kappa shape index (κ2) is 8.11. The Morgan fingerprint density at radius 1 is 1.10 bits per heavy atom. The summed E-state index contributed by atoms with van der Waals surface area (Å²) in [4.78, 5) is 30.8. The first-order valence-electron chi connectivity index (χ1n) is 9.67. The predicted molar refractivity (Wildman–Crippen MR) is 115 cm³/mol. The SMILES string of the molecule is CC(C)Cn1c(=O)c2c(ncn2Cc2ccc(F)cc2F)n(-c2cccc(Cl)c2)c1=O. The van der Waals surface area contributed by atoms with Crippen LogP contribution in [0.4, 0.5) is 8.78 Å². The van der Waals surface area contributed by atoms with E-state index in [1.807, 2.05) is 13.8 Å². The third-order valence-corrected chi connectivity index (χ3v) is 5.11. The summed E-state index contributed by atoms with van der Waals surface area (Å²) in [5.41, 5.74) is -0.128. The highest BCUT2D eigenvalue weighted by molar-refractivity contribution is 6.30. The number of hydrogen-bond acceptors (Lipinski definition) is 3. The zero-order valence-electron chi connectivity index (χ0n) is 16.8. The molecule has 160 valence electrons. The van der Waals surface area contributed by atoms with E-state index in [0.717, 1.165) is 16.7 Å². The number of imidazole rings is 1. The Morgan fingerprint density at radius 3 is 2.55 bits per heavy atom. The summed E-state index contributed by atoms with van der Waals surface area (Å²) in [6, 6.07) is 9.91. The van der Waals surface area contributed by atoms with Gasteiger partial charge in [-0.15, -0.1) is 0 Å². The molecule has 4 rings (SSSR count). The van der Waals surface area contributed by atoms with Gasteiger partial charge in [0.1, 0.15) is 11.6 Å². The van der Waals surface area contributed by atoms with Crippen LogP contribution in [0.15, 0.2) is 58.4 Å². The Morgan fingerprint density at radius 2 is 1.87 bits per heavy atom. The largest absolute Gasteiger partial charge is 0.337 e. The molecule has 4 aromatic rings. The van der Waals surface area contributed by atoms with E-state index < -0.39 is 22.9 Å². The van der Waals surface area contributed by atoms with E-state index in [9.17, 15) is 18.4 Å². The molecule has 0 aliphatic heterocycles.